The molecule has 0 bridgehead atoms. The van der Waals surface area contributed by atoms with Gasteiger partial charge in [-0.3, -0.25) is 14.2 Å². The van der Waals surface area contributed by atoms with Crippen molar-refractivity contribution in [1.29, 1.82) is 0 Å². The molecule has 10 nitrogen and oxygen atoms in total. The van der Waals surface area contributed by atoms with E-state index in [1.165, 1.54) is 30.8 Å². The lowest BCUT2D eigenvalue weighted by Gasteiger charge is -2.11. The molecule has 1 amide bonds. The van der Waals surface area contributed by atoms with E-state index >= 15 is 0 Å². The lowest BCUT2D eigenvalue weighted by molar-refractivity contribution is -0.116. The second kappa shape index (κ2) is 8.19. The minimum absolute atomic E-state index is 0.266. The topological polar surface area (TPSA) is 109 Å². The van der Waals surface area contributed by atoms with Crippen LogP contribution in [0.3, 0.4) is 0 Å². The number of nitrogens with one attached hydrogen (secondary N) is 1. The summed E-state index contributed by atoms with van der Waals surface area (Å²) in [7, 11) is 3.21. The Bertz CT molecular complexity index is 1450. The van der Waals surface area contributed by atoms with E-state index in [0.29, 0.717) is 11.7 Å². The zero-order valence-electron chi connectivity index (χ0n) is 18.6. The number of nitrogens with zero attached hydrogens (tertiary/aromatic N) is 6. The number of imidazole rings is 1. The number of fused-ring (bicyclic) bond motifs is 1. The van der Waals surface area contributed by atoms with E-state index in [9.17, 15) is 14.4 Å². The van der Waals surface area contributed by atoms with Crippen LogP contribution in [-0.4, -0.2) is 34.4 Å². The molecule has 1 saturated carbocycles. The number of amides is 1. The first-order valence-electron chi connectivity index (χ1n) is 11.0. The molecular formula is C23H25N7O3. The molecule has 5 rings (SSSR count). The number of anilines is 1. The van der Waals surface area contributed by atoms with E-state index in [4.69, 9.17) is 5.10 Å². The van der Waals surface area contributed by atoms with Gasteiger partial charge in [0.15, 0.2) is 11.2 Å². The van der Waals surface area contributed by atoms with Crippen LogP contribution in [0.15, 0.2) is 52.3 Å². The average molecular weight is 447 g/mol. The minimum Gasteiger partial charge on any atom is -0.328 e. The summed E-state index contributed by atoms with van der Waals surface area (Å²) in [5.74, 6) is 0.401. The van der Waals surface area contributed by atoms with E-state index in [0.717, 1.165) is 28.8 Å². The molecule has 0 atom stereocenters. The number of carbonyl (C=O) groups is 1. The molecule has 3 heterocycles. The van der Waals surface area contributed by atoms with E-state index in [-0.39, 0.29) is 11.2 Å². The van der Waals surface area contributed by atoms with Crippen molar-refractivity contribution in [2.24, 2.45) is 14.1 Å². The number of aryl methyl sites for hydroxylation is 2. The summed E-state index contributed by atoms with van der Waals surface area (Å²) in [5.41, 5.74) is 1.17. The molecule has 1 aromatic carbocycles. The molecule has 0 unspecified atom stereocenters. The molecule has 1 aliphatic carbocycles. The molecule has 170 valence electrons. The second-order valence-corrected chi connectivity index (χ2v) is 8.49. The van der Waals surface area contributed by atoms with Crippen LogP contribution in [0.2, 0.25) is 0 Å². The van der Waals surface area contributed by atoms with Crippen molar-refractivity contribution >= 4 is 22.9 Å². The maximum absolute atomic E-state index is 13.0. The Kier molecular flexibility index (Phi) is 5.20. The van der Waals surface area contributed by atoms with Gasteiger partial charge in [-0.2, -0.15) is 5.10 Å². The van der Waals surface area contributed by atoms with Gasteiger partial charge < -0.3 is 9.88 Å². The van der Waals surface area contributed by atoms with Gasteiger partial charge in [0.05, 0.1) is 17.7 Å². The molecule has 0 saturated heterocycles. The Morgan fingerprint density at radius 1 is 1.12 bits per heavy atom. The Balaban J connectivity index is 1.49. The highest BCUT2D eigenvalue weighted by Crippen LogP contribution is 2.35. The summed E-state index contributed by atoms with van der Waals surface area (Å²) in [6.45, 7) is -0.411. The van der Waals surface area contributed by atoms with Crippen molar-refractivity contribution in [3.05, 3.63) is 69.3 Å². The summed E-state index contributed by atoms with van der Waals surface area (Å²) in [6.07, 6.45) is 5.98. The Morgan fingerprint density at radius 2 is 1.85 bits per heavy atom. The molecule has 4 aromatic rings. The molecule has 1 N–H and O–H groups in total. The van der Waals surface area contributed by atoms with Crippen LogP contribution in [0.25, 0.3) is 16.9 Å². The first-order chi connectivity index (χ1) is 15.9. The van der Waals surface area contributed by atoms with Gasteiger partial charge in [-0.1, -0.05) is 31.0 Å². The summed E-state index contributed by atoms with van der Waals surface area (Å²) in [6, 6.07) is 11.5. The van der Waals surface area contributed by atoms with Crippen LogP contribution in [0.4, 0.5) is 5.82 Å². The highest BCUT2D eigenvalue weighted by atomic mass is 16.2. The first-order valence-corrected chi connectivity index (χ1v) is 11.0. The highest BCUT2D eigenvalue weighted by Gasteiger charge is 2.23. The first kappa shape index (κ1) is 20.9. The summed E-state index contributed by atoms with van der Waals surface area (Å²) in [5, 5.41) is 7.64. The van der Waals surface area contributed by atoms with Crippen LogP contribution in [0.1, 0.15) is 37.3 Å². The van der Waals surface area contributed by atoms with Crippen LogP contribution >= 0.6 is 0 Å². The van der Waals surface area contributed by atoms with Crippen LogP contribution in [0.5, 0.6) is 0 Å². The zero-order valence-corrected chi connectivity index (χ0v) is 18.6. The van der Waals surface area contributed by atoms with E-state index in [1.807, 2.05) is 36.4 Å². The molecule has 10 heteroatoms. The van der Waals surface area contributed by atoms with Gasteiger partial charge in [-0.25, -0.2) is 19.0 Å². The third-order valence-corrected chi connectivity index (χ3v) is 6.27. The molecule has 0 spiro atoms. The Labute approximate surface area is 189 Å². The maximum Gasteiger partial charge on any atom is 0.332 e. The number of carbonyl (C=O) groups excluding carboxylic acids is 1. The lowest BCUT2D eigenvalue weighted by atomic mass is 10.0. The van der Waals surface area contributed by atoms with Gasteiger partial charge >= 0.3 is 5.69 Å². The van der Waals surface area contributed by atoms with E-state index < -0.39 is 23.7 Å². The summed E-state index contributed by atoms with van der Waals surface area (Å²) in [4.78, 5) is 42.8. The van der Waals surface area contributed by atoms with E-state index in [1.54, 1.807) is 16.3 Å². The average Bonchev–Trinajstić information content (AvgIpc) is 3.56. The molecule has 1 fully saturated rings. The van der Waals surface area contributed by atoms with Gasteiger partial charge in [0.1, 0.15) is 12.4 Å². The van der Waals surface area contributed by atoms with Gasteiger partial charge in [0, 0.05) is 26.1 Å². The largest absolute Gasteiger partial charge is 0.332 e. The predicted molar refractivity (Wildman–Crippen MR) is 124 cm³/mol. The fraction of sp³-hybridized carbons (Fsp3) is 0.348. The molecular weight excluding hydrogens is 422 g/mol. The second-order valence-electron chi connectivity index (χ2n) is 8.49. The fourth-order valence-corrected chi connectivity index (χ4v) is 4.54. The van der Waals surface area contributed by atoms with Crippen molar-refractivity contribution in [3.63, 3.8) is 0 Å². The number of benzene rings is 1. The van der Waals surface area contributed by atoms with Gasteiger partial charge in [0.2, 0.25) is 5.91 Å². The number of hydrogen-bond donors (Lipinski definition) is 1. The van der Waals surface area contributed by atoms with Crippen molar-refractivity contribution in [2.75, 3.05) is 5.32 Å². The molecule has 0 radical (unpaired) electrons. The number of aromatic nitrogens is 6. The zero-order chi connectivity index (χ0) is 23.1. The van der Waals surface area contributed by atoms with Crippen molar-refractivity contribution in [3.8, 4) is 5.69 Å². The number of para-hydroxylation sites is 1. The third-order valence-electron chi connectivity index (χ3n) is 6.27. The van der Waals surface area contributed by atoms with Crippen molar-refractivity contribution in [2.45, 2.75) is 38.1 Å². The smallest absolute Gasteiger partial charge is 0.328 e. The van der Waals surface area contributed by atoms with Gasteiger partial charge in [0.25, 0.3) is 5.56 Å². The highest BCUT2D eigenvalue weighted by molar-refractivity contribution is 5.90. The van der Waals surface area contributed by atoms with E-state index in [2.05, 4.69) is 10.3 Å². The predicted octanol–water partition coefficient (Wildman–Crippen LogP) is 1.92. The lowest BCUT2D eigenvalue weighted by Crippen LogP contribution is -2.42. The van der Waals surface area contributed by atoms with Crippen LogP contribution < -0.4 is 16.6 Å². The molecule has 0 aliphatic heterocycles. The fourth-order valence-electron chi connectivity index (χ4n) is 4.54. The number of hydrogen-bond acceptors (Lipinski definition) is 5. The monoisotopic (exact) mass is 447 g/mol. The maximum atomic E-state index is 13.0. The SMILES string of the molecule is Cn1cnc2c1c(=O)n(CC(=O)Nc1cc(C3CCCC3)nn1-c1ccccc1)c(=O)n2C. The molecule has 1 aliphatic rings. The molecule has 33 heavy (non-hydrogen) atoms. The Morgan fingerprint density at radius 3 is 2.58 bits per heavy atom. The standard InChI is InChI=1S/C23H25N7O3/c1-27-14-24-21-20(27)22(32)29(23(33)28(21)2)13-19(31)25-18-12-17(15-8-6-7-9-15)26-30(18)16-10-4-3-5-11-16/h3-5,10-12,14-15H,6-9,13H2,1-2H3,(H,25,31). The van der Waals surface area contributed by atoms with Crippen molar-refractivity contribution in [1.82, 2.24) is 28.5 Å². The summed E-state index contributed by atoms with van der Waals surface area (Å²) >= 11 is 0. The van der Waals surface area contributed by atoms with Crippen LogP contribution in [-0.2, 0) is 25.4 Å². The van der Waals surface area contributed by atoms with Gasteiger partial charge in [-0.05, 0) is 25.0 Å². The minimum atomic E-state index is -0.593. The Hall–Kier alpha value is -3.95. The number of rotatable bonds is 5. The third kappa shape index (κ3) is 3.67. The van der Waals surface area contributed by atoms with Crippen molar-refractivity contribution < 1.29 is 4.79 Å². The van der Waals surface area contributed by atoms with Crippen LogP contribution in [0, 0.1) is 0 Å². The summed E-state index contributed by atoms with van der Waals surface area (Å²) < 4.78 is 5.46. The normalized spacial score (nSPS) is 14.2. The van der Waals surface area contributed by atoms with Gasteiger partial charge in [-0.15, -0.1) is 0 Å². The quantitative estimate of drug-likeness (QED) is 0.503. The molecule has 3 aromatic heterocycles.